The number of rotatable bonds is 7. The molecule has 3 atom stereocenters. The van der Waals surface area contributed by atoms with E-state index in [4.69, 9.17) is 0 Å². The van der Waals surface area contributed by atoms with Crippen molar-refractivity contribution in [1.29, 1.82) is 0 Å². The number of nitrogens with one attached hydrogen (secondary N) is 2. The number of hydrogen-bond acceptors (Lipinski definition) is 4. The Labute approximate surface area is 114 Å². The molecule has 3 unspecified atom stereocenters. The summed E-state index contributed by atoms with van der Waals surface area (Å²) in [6.07, 6.45) is 1.57. The van der Waals surface area contributed by atoms with E-state index in [1.807, 2.05) is 11.9 Å². The Morgan fingerprint density at radius 1 is 1.47 bits per heavy atom. The predicted octanol–water partition coefficient (Wildman–Crippen LogP) is -0.104. The fourth-order valence-electron chi connectivity index (χ4n) is 2.53. The number of carbonyl (C=O) groups is 2. The van der Waals surface area contributed by atoms with E-state index in [0.717, 1.165) is 13.0 Å². The maximum Gasteiger partial charge on any atom is 0.320 e. The molecule has 0 aromatic heterocycles. The first-order chi connectivity index (χ1) is 8.97. The van der Waals surface area contributed by atoms with E-state index in [1.165, 1.54) is 6.92 Å². The summed E-state index contributed by atoms with van der Waals surface area (Å²) in [5, 5.41) is 15.2. The second kappa shape index (κ2) is 7.45. The lowest BCUT2D eigenvalue weighted by Crippen LogP contribution is -2.42. The van der Waals surface area contributed by atoms with Crippen molar-refractivity contribution >= 4 is 11.9 Å². The van der Waals surface area contributed by atoms with Crippen LogP contribution in [0.5, 0.6) is 0 Å². The van der Waals surface area contributed by atoms with E-state index in [-0.39, 0.29) is 11.9 Å². The number of carboxylic acid groups (broad SMARTS) is 1. The largest absolute Gasteiger partial charge is 0.480 e. The van der Waals surface area contributed by atoms with Crippen molar-refractivity contribution < 1.29 is 14.7 Å². The highest BCUT2D eigenvalue weighted by Gasteiger charge is 2.36. The molecule has 1 saturated heterocycles. The third-order valence-corrected chi connectivity index (χ3v) is 3.81. The van der Waals surface area contributed by atoms with Crippen molar-refractivity contribution in [2.75, 3.05) is 26.7 Å². The molecular weight excluding hydrogens is 246 g/mol. The Balaban J connectivity index is 2.56. The minimum atomic E-state index is -0.757. The lowest BCUT2D eigenvalue weighted by Gasteiger charge is -2.26. The SMILES string of the molecule is CCC(CNC(C)=O)CN1CC(NC)CC1C(=O)O. The van der Waals surface area contributed by atoms with Crippen LogP contribution in [0.3, 0.4) is 0 Å². The Morgan fingerprint density at radius 3 is 2.63 bits per heavy atom. The van der Waals surface area contributed by atoms with Gasteiger partial charge in [0.2, 0.25) is 5.91 Å². The first kappa shape index (κ1) is 15.9. The van der Waals surface area contributed by atoms with Crippen LogP contribution >= 0.6 is 0 Å². The molecule has 1 aliphatic rings. The molecule has 1 rings (SSSR count). The van der Waals surface area contributed by atoms with E-state index in [2.05, 4.69) is 17.6 Å². The van der Waals surface area contributed by atoms with Crippen LogP contribution in [0.15, 0.2) is 0 Å². The summed E-state index contributed by atoms with van der Waals surface area (Å²) in [6, 6.07) is -0.178. The molecule has 0 aromatic carbocycles. The molecule has 1 heterocycles. The van der Waals surface area contributed by atoms with Gasteiger partial charge in [-0.05, 0) is 19.4 Å². The topological polar surface area (TPSA) is 81.7 Å². The van der Waals surface area contributed by atoms with E-state index in [1.54, 1.807) is 0 Å². The summed E-state index contributed by atoms with van der Waals surface area (Å²) in [5.41, 5.74) is 0. The van der Waals surface area contributed by atoms with Gasteiger partial charge in [-0.3, -0.25) is 14.5 Å². The van der Waals surface area contributed by atoms with Crippen LogP contribution in [0, 0.1) is 5.92 Å². The van der Waals surface area contributed by atoms with E-state index in [0.29, 0.717) is 25.4 Å². The van der Waals surface area contributed by atoms with Gasteiger partial charge in [-0.15, -0.1) is 0 Å². The van der Waals surface area contributed by atoms with Gasteiger partial charge in [-0.25, -0.2) is 0 Å². The normalized spacial score (nSPS) is 25.2. The zero-order chi connectivity index (χ0) is 14.4. The van der Waals surface area contributed by atoms with Gasteiger partial charge in [0.05, 0.1) is 0 Å². The summed E-state index contributed by atoms with van der Waals surface area (Å²) < 4.78 is 0. The number of likely N-dealkylation sites (N-methyl/N-ethyl adjacent to an activating group) is 1. The van der Waals surface area contributed by atoms with Crippen molar-refractivity contribution in [3.8, 4) is 0 Å². The summed E-state index contributed by atoms with van der Waals surface area (Å²) >= 11 is 0. The molecule has 6 heteroatoms. The van der Waals surface area contributed by atoms with Gasteiger partial charge < -0.3 is 15.7 Å². The number of carboxylic acids is 1. The predicted molar refractivity (Wildman–Crippen MR) is 72.9 cm³/mol. The van der Waals surface area contributed by atoms with E-state index >= 15 is 0 Å². The molecule has 0 spiro atoms. The zero-order valence-electron chi connectivity index (χ0n) is 12.0. The zero-order valence-corrected chi connectivity index (χ0v) is 12.0. The standard InChI is InChI=1S/C13H25N3O3/c1-4-10(6-15-9(2)17)7-16-8-11(14-3)5-12(16)13(18)19/h10-12,14H,4-8H2,1-3H3,(H,15,17)(H,18,19). The number of amides is 1. The molecule has 19 heavy (non-hydrogen) atoms. The number of hydrogen-bond donors (Lipinski definition) is 3. The maximum atomic E-state index is 11.3. The van der Waals surface area contributed by atoms with Crippen LogP contribution in [0.4, 0.5) is 0 Å². The van der Waals surface area contributed by atoms with Gasteiger partial charge in [-0.1, -0.05) is 13.3 Å². The van der Waals surface area contributed by atoms with Crippen molar-refractivity contribution in [2.45, 2.75) is 38.8 Å². The first-order valence-electron chi connectivity index (χ1n) is 6.86. The highest BCUT2D eigenvalue weighted by Crippen LogP contribution is 2.20. The van der Waals surface area contributed by atoms with Gasteiger partial charge >= 0.3 is 5.97 Å². The highest BCUT2D eigenvalue weighted by molar-refractivity contribution is 5.74. The van der Waals surface area contributed by atoms with Crippen LogP contribution in [0.1, 0.15) is 26.7 Å². The highest BCUT2D eigenvalue weighted by atomic mass is 16.4. The van der Waals surface area contributed by atoms with Crippen LogP contribution in [-0.4, -0.2) is 60.6 Å². The fourth-order valence-corrected chi connectivity index (χ4v) is 2.53. The Hall–Kier alpha value is -1.14. The number of carbonyl (C=O) groups excluding carboxylic acids is 1. The minimum absolute atomic E-state index is 0.0391. The summed E-state index contributed by atoms with van der Waals surface area (Å²) in [6.45, 7) is 5.64. The molecule has 0 saturated carbocycles. The second-order valence-electron chi connectivity index (χ2n) is 5.24. The minimum Gasteiger partial charge on any atom is -0.480 e. The average Bonchev–Trinajstić information content (AvgIpc) is 2.77. The van der Waals surface area contributed by atoms with Gasteiger partial charge in [0.1, 0.15) is 6.04 Å². The molecule has 110 valence electrons. The quantitative estimate of drug-likeness (QED) is 0.602. The molecule has 3 N–H and O–H groups in total. The molecule has 1 amide bonds. The van der Waals surface area contributed by atoms with Crippen LogP contribution in [-0.2, 0) is 9.59 Å². The van der Waals surface area contributed by atoms with Crippen LogP contribution in [0.2, 0.25) is 0 Å². The average molecular weight is 271 g/mol. The van der Waals surface area contributed by atoms with Gasteiger partial charge in [0.25, 0.3) is 0 Å². The molecule has 0 aromatic rings. The molecule has 0 aliphatic carbocycles. The third kappa shape index (κ3) is 4.80. The van der Waals surface area contributed by atoms with Crippen LogP contribution < -0.4 is 10.6 Å². The third-order valence-electron chi connectivity index (χ3n) is 3.81. The molecule has 0 radical (unpaired) electrons. The van der Waals surface area contributed by atoms with Crippen LogP contribution in [0.25, 0.3) is 0 Å². The van der Waals surface area contributed by atoms with Crippen molar-refractivity contribution in [3.63, 3.8) is 0 Å². The molecule has 1 aliphatic heterocycles. The van der Waals surface area contributed by atoms with E-state index in [9.17, 15) is 14.7 Å². The smallest absolute Gasteiger partial charge is 0.320 e. The van der Waals surface area contributed by atoms with Crippen molar-refractivity contribution in [2.24, 2.45) is 5.92 Å². The number of aliphatic carboxylic acids is 1. The Bertz CT molecular complexity index is 322. The Morgan fingerprint density at radius 2 is 2.16 bits per heavy atom. The first-order valence-corrected chi connectivity index (χ1v) is 6.86. The molecule has 6 nitrogen and oxygen atoms in total. The van der Waals surface area contributed by atoms with Crippen molar-refractivity contribution in [1.82, 2.24) is 15.5 Å². The molecular formula is C13H25N3O3. The number of likely N-dealkylation sites (tertiary alicyclic amines) is 1. The Kier molecular flexibility index (Phi) is 6.24. The lowest BCUT2D eigenvalue weighted by atomic mass is 10.1. The monoisotopic (exact) mass is 271 g/mol. The fraction of sp³-hybridized carbons (Fsp3) is 0.846. The van der Waals surface area contributed by atoms with Gasteiger partial charge in [-0.2, -0.15) is 0 Å². The summed E-state index contributed by atoms with van der Waals surface area (Å²) in [7, 11) is 1.86. The summed E-state index contributed by atoms with van der Waals surface area (Å²) in [4.78, 5) is 24.2. The van der Waals surface area contributed by atoms with E-state index < -0.39 is 12.0 Å². The summed E-state index contributed by atoms with van der Waals surface area (Å²) in [5.74, 6) is -0.503. The molecule has 0 bridgehead atoms. The maximum absolute atomic E-state index is 11.3. The van der Waals surface area contributed by atoms with Gasteiger partial charge in [0.15, 0.2) is 0 Å². The molecule has 1 fully saturated rings. The second-order valence-corrected chi connectivity index (χ2v) is 5.24. The lowest BCUT2D eigenvalue weighted by molar-refractivity contribution is -0.142. The number of nitrogens with zero attached hydrogens (tertiary/aromatic N) is 1. The van der Waals surface area contributed by atoms with Gasteiger partial charge in [0, 0.05) is 32.6 Å². The van der Waals surface area contributed by atoms with Crippen molar-refractivity contribution in [3.05, 3.63) is 0 Å².